The molecule has 0 aliphatic carbocycles. The van der Waals surface area contributed by atoms with Crippen LogP contribution in [0.2, 0.25) is 0 Å². The fraction of sp³-hybridized carbons (Fsp3) is 0.417. The summed E-state index contributed by atoms with van der Waals surface area (Å²) in [4.78, 5) is 10.5. The number of nitrogens with one attached hydrogen (secondary N) is 1. The van der Waals surface area contributed by atoms with E-state index in [-0.39, 0.29) is 17.7 Å². The van der Waals surface area contributed by atoms with Gasteiger partial charge in [-0.1, -0.05) is 26.0 Å². The van der Waals surface area contributed by atoms with Crippen molar-refractivity contribution in [2.75, 3.05) is 0 Å². The summed E-state index contributed by atoms with van der Waals surface area (Å²) in [7, 11) is 0. The average Bonchev–Trinajstić information content (AvgIpc) is 2.26. The molecule has 0 fully saturated rings. The van der Waals surface area contributed by atoms with Gasteiger partial charge >= 0.3 is 6.61 Å². The van der Waals surface area contributed by atoms with Gasteiger partial charge in [-0.05, 0) is 23.6 Å². The van der Waals surface area contributed by atoms with Gasteiger partial charge in [0.2, 0.25) is 6.41 Å². The van der Waals surface area contributed by atoms with Gasteiger partial charge < -0.3 is 10.1 Å². The number of hydrogen-bond acceptors (Lipinski definition) is 2. The van der Waals surface area contributed by atoms with Crippen LogP contribution in [0.25, 0.3) is 0 Å². The van der Waals surface area contributed by atoms with Gasteiger partial charge in [-0.15, -0.1) is 0 Å². The van der Waals surface area contributed by atoms with Crippen LogP contribution >= 0.6 is 0 Å². The Labute approximate surface area is 98.8 Å². The average molecular weight is 243 g/mol. The van der Waals surface area contributed by atoms with Crippen molar-refractivity contribution in [3.8, 4) is 5.75 Å². The Morgan fingerprint density at radius 2 is 1.82 bits per heavy atom. The number of amides is 1. The van der Waals surface area contributed by atoms with Gasteiger partial charge in [0.1, 0.15) is 5.75 Å². The Bertz CT molecular complexity index is 352. The molecule has 0 bridgehead atoms. The van der Waals surface area contributed by atoms with Crippen molar-refractivity contribution < 1.29 is 18.3 Å². The number of ether oxygens (including phenoxy) is 1. The summed E-state index contributed by atoms with van der Waals surface area (Å²) < 4.78 is 28.1. The number of carbonyl (C=O) groups excluding carboxylic acids is 1. The van der Waals surface area contributed by atoms with E-state index in [1.807, 2.05) is 13.8 Å². The van der Waals surface area contributed by atoms with Gasteiger partial charge in [0, 0.05) is 0 Å². The Balaban J connectivity index is 2.80. The Kier molecular flexibility index (Phi) is 4.87. The monoisotopic (exact) mass is 243 g/mol. The molecule has 94 valence electrons. The summed E-state index contributed by atoms with van der Waals surface area (Å²) in [6.07, 6.45) is 0.633. The van der Waals surface area contributed by atoms with Gasteiger partial charge in [-0.25, -0.2) is 0 Å². The number of hydrogen-bond donors (Lipinski definition) is 1. The third-order valence-corrected chi connectivity index (χ3v) is 2.38. The summed E-state index contributed by atoms with van der Waals surface area (Å²) in [6, 6.07) is 6.12. The van der Waals surface area contributed by atoms with E-state index < -0.39 is 6.61 Å². The minimum atomic E-state index is -2.82. The summed E-state index contributed by atoms with van der Waals surface area (Å²) in [6.45, 7) is 1.10. The lowest BCUT2D eigenvalue weighted by molar-refractivity contribution is -0.110. The van der Waals surface area contributed by atoms with Crippen LogP contribution < -0.4 is 10.1 Å². The minimum Gasteiger partial charge on any atom is -0.435 e. The molecule has 0 heterocycles. The molecule has 5 heteroatoms. The first-order chi connectivity index (χ1) is 8.04. The van der Waals surface area contributed by atoms with Gasteiger partial charge in [-0.2, -0.15) is 8.78 Å². The van der Waals surface area contributed by atoms with Crippen molar-refractivity contribution in [1.82, 2.24) is 5.32 Å². The second-order valence-corrected chi connectivity index (χ2v) is 3.95. The molecular formula is C12H15F2NO2. The molecule has 0 aliphatic heterocycles. The molecule has 1 aromatic rings. The lowest BCUT2D eigenvalue weighted by Crippen LogP contribution is -2.24. The zero-order chi connectivity index (χ0) is 12.8. The van der Waals surface area contributed by atoms with E-state index in [1.54, 1.807) is 12.1 Å². The summed E-state index contributed by atoms with van der Waals surface area (Å²) >= 11 is 0. The number of halogens is 2. The van der Waals surface area contributed by atoms with E-state index in [0.717, 1.165) is 5.56 Å². The summed E-state index contributed by atoms with van der Waals surface area (Å²) in [5, 5.41) is 2.69. The van der Waals surface area contributed by atoms with Crippen LogP contribution in [-0.4, -0.2) is 13.0 Å². The highest BCUT2D eigenvalue weighted by molar-refractivity contribution is 5.48. The first-order valence-electron chi connectivity index (χ1n) is 5.29. The largest absolute Gasteiger partial charge is 0.435 e. The van der Waals surface area contributed by atoms with E-state index in [1.165, 1.54) is 12.1 Å². The molecule has 0 radical (unpaired) electrons. The van der Waals surface area contributed by atoms with Crippen LogP contribution in [0.5, 0.6) is 5.75 Å². The molecule has 3 nitrogen and oxygen atoms in total. The van der Waals surface area contributed by atoms with Gasteiger partial charge in [0.15, 0.2) is 0 Å². The molecule has 1 N–H and O–H groups in total. The van der Waals surface area contributed by atoms with E-state index in [2.05, 4.69) is 10.1 Å². The maximum atomic E-state index is 11.9. The van der Waals surface area contributed by atoms with Gasteiger partial charge in [0.05, 0.1) is 6.04 Å². The van der Waals surface area contributed by atoms with Gasteiger partial charge in [0.25, 0.3) is 0 Å². The zero-order valence-electron chi connectivity index (χ0n) is 9.69. The lowest BCUT2D eigenvalue weighted by Gasteiger charge is -2.20. The Hall–Kier alpha value is -1.65. The standard InChI is InChI=1S/C12H15F2NO2/c1-8(2)11(15-7-16)9-3-5-10(6-4-9)17-12(13)14/h3-8,11-12H,1-2H3,(H,15,16). The number of benzene rings is 1. The summed E-state index contributed by atoms with van der Waals surface area (Å²) in [5.41, 5.74) is 0.855. The fourth-order valence-corrected chi connectivity index (χ4v) is 1.60. The third kappa shape index (κ3) is 4.01. The van der Waals surface area contributed by atoms with Crippen LogP contribution in [-0.2, 0) is 4.79 Å². The smallest absolute Gasteiger partial charge is 0.387 e. The van der Waals surface area contributed by atoms with Crippen molar-refractivity contribution in [2.24, 2.45) is 5.92 Å². The van der Waals surface area contributed by atoms with E-state index in [9.17, 15) is 13.6 Å². The molecule has 1 aromatic carbocycles. The van der Waals surface area contributed by atoms with Crippen molar-refractivity contribution in [3.05, 3.63) is 29.8 Å². The number of carbonyl (C=O) groups is 1. The second kappa shape index (κ2) is 6.18. The molecule has 1 rings (SSSR count). The van der Waals surface area contributed by atoms with E-state index in [4.69, 9.17) is 0 Å². The topological polar surface area (TPSA) is 38.3 Å². The minimum absolute atomic E-state index is 0.109. The van der Waals surface area contributed by atoms with E-state index >= 15 is 0 Å². The van der Waals surface area contributed by atoms with Crippen molar-refractivity contribution in [1.29, 1.82) is 0 Å². The molecule has 17 heavy (non-hydrogen) atoms. The second-order valence-electron chi connectivity index (χ2n) is 3.95. The lowest BCUT2D eigenvalue weighted by atomic mass is 9.96. The molecule has 1 unspecified atom stereocenters. The van der Waals surface area contributed by atoms with E-state index in [0.29, 0.717) is 6.41 Å². The normalized spacial score (nSPS) is 12.6. The molecule has 0 saturated carbocycles. The molecule has 0 saturated heterocycles. The number of alkyl halides is 2. The predicted molar refractivity (Wildman–Crippen MR) is 59.9 cm³/mol. The predicted octanol–water partition coefficient (Wildman–Crippen LogP) is 2.73. The van der Waals surface area contributed by atoms with Crippen LogP contribution in [0, 0.1) is 5.92 Å². The molecule has 1 atom stereocenters. The first kappa shape index (κ1) is 13.4. The molecule has 1 amide bonds. The molecule has 0 aliphatic rings. The zero-order valence-corrected chi connectivity index (χ0v) is 9.69. The molecular weight excluding hydrogens is 228 g/mol. The Morgan fingerprint density at radius 3 is 2.24 bits per heavy atom. The van der Waals surface area contributed by atoms with Gasteiger partial charge in [-0.3, -0.25) is 4.79 Å². The van der Waals surface area contributed by atoms with Crippen LogP contribution in [0.3, 0.4) is 0 Å². The van der Waals surface area contributed by atoms with Crippen LogP contribution in [0.15, 0.2) is 24.3 Å². The summed E-state index contributed by atoms with van der Waals surface area (Å²) in [5.74, 6) is 0.319. The first-order valence-corrected chi connectivity index (χ1v) is 5.29. The number of rotatable bonds is 6. The van der Waals surface area contributed by atoms with Crippen molar-refractivity contribution in [2.45, 2.75) is 26.5 Å². The fourth-order valence-electron chi connectivity index (χ4n) is 1.60. The SMILES string of the molecule is CC(C)C(NC=O)c1ccc(OC(F)F)cc1. The molecule has 0 spiro atoms. The van der Waals surface area contributed by atoms with Crippen molar-refractivity contribution >= 4 is 6.41 Å². The van der Waals surface area contributed by atoms with Crippen molar-refractivity contribution in [3.63, 3.8) is 0 Å². The van der Waals surface area contributed by atoms with Crippen LogP contribution in [0.4, 0.5) is 8.78 Å². The Morgan fingerprint density at radius 1 is 1.24 bits per heavy atom. The maximum absolute atomic E-state index is 11.9. The highest BCUT2D eigenvalue weighted by Gasteiger charge is 2.14. The maximum Gasteiger partial charge on any atom is 0.387 e. The highest BCUT2D eigenvalue weighted by atomic mass is 19.3. The third-order valence-electron chi connectivity index (χ3n) is 2.38. The van der Waals surface area contributed by atoms with Crippen LogP contribution in [0.1, 0.15) is 25.5 Å². The highest BCUT2D eigenvalue weighted by Crippen LogP contribution is 2.24. The molecule has 0 aromatic heterocycles. The quantitative estimate of drug-likeness (QED) is 0.780.